The summed E-state index contributed by atoms with van der Waals surface area (Å²) < 4.78 is 16.5. The van der Waals surface area contributed by atoms with Crippen molar-refractivity contribution in [1.29, 1.82) is 0 Å². The summed E-state index contributed by atoms with van der Waals surface area (Å²) >= 11 is 0. The van der Waals surface area contributed by atoms with Crippen molar-refractivity contribution in [3.8, 4) is 0 Å². The van der Waals surface area contributed by atoms with E-state index in [-0.39, 0.29) is 32.0 Å². The van der Waals surface area contributed by atoms with Crippen LogP contribution < -0.4 is 0 Å². The minimum atomic E-state index is -0.593. The van der Waals surface area contributed by atoms with Gasteiger partial charge in [0.1, 0.15) is 0 Å². The molecule has 0 rings (SSSR count). The van der Waals surface area contributed by atoms with Crippen LogP contribution in [0.2, 0.25) is 0 Å². The van der Waals surface area contributed by atoms with E-state index in [1.54, 1.807) is 6.92 Å². The quantitative estimate of drug-likeness (QED) is 0.335. The molecule has 0 aliphatic heterocycles. The minimum Gasteiger partial charge on any atom is -0.396 e. The molecular weight excluding hydrogens is 304 g/mol. The lowest BCUT2D eigenvalue weighted by atomic mass is 10.1. The fourth-order valence-corrected chi connectivity index (χ4v) is 1.91. The second-order valence-corrected chi connectivity index (χ2v) is 6.03. The van der Waals surface area contributed by atoms with Gasteiger partial charge in [-0.2, -0.15) is 0 Å². The molecule has 0 aliphatic rings. The highest BCUT2D eigenvalue weighted by Crippen LogP contribution is 2.09. The second-order valence-electron chi connectivity index (χ2n) is 6.03. The highest BCUT2D eigenvalue weighted by Gasteiger charge is 2.16. The molecule has 140 valence electrons. The summed E-state index contributed by atoms with van der Waals surface area (Å²) in [6, 6.07) is 0. The van der Waals surface area contributed by atoms with Crippen LogP contribution in [0.25, 0.3) is 0 Å². The van der Waals surface area contributed by atoms with Crippen LogP contribution in [0.3, 0.4) is 0 Å². The Bertz CT molecular complexity index is 263. The first-order valence-electron chi connectivity index (χ1n) is 8.31. The van der Waals surface area contributed by atoms with Crippen molar-refractivity contribution >= 4 is 0 Å². The van der Waals surface area contributed by atoms with Gasteiger partial charge < -0.3 is 34.6 Å². The summed E-state index contributed by atoms with van der Waals surface area (Å²) in [6.07, 6.45) is -0.484. The Balaban J connectivity index is 3.84. The monoisotopic (exact) mass is 338 g/mol. The lowest BCUT2D eigenvalue weighted by molar-refractivity contribution is -0.0914. The van der Waals surface area contributed by atoms with Crippen molar-refractivity contribution in [2.75, 3.05) is 33.0 Å². The zero-order valence-corrected chi connectivity index (χ0v) is 14.6. The molecule has 7 nitrogen and oxygen atoms in total. The smallest absolute Gasteiger partial charge is 0.0831 e. The molecule has 0 spiro atoms. The van der Waals surface area contributed by atoms with Gasteiger partial charge in [0.2, 0.25) is 0 Å². The largest absolute Gasteiger partial charge is 0.396 e. The summed E-state index contributed by atoms with van der Waals surface area (Å²) in [4.78, 5) is 0. The maximum absolute atomic E-state index is 9.76. The Labute approximate surface area is 139 Å². The number of rotatable bonds is 15. The molecule has 0 aromatic heterocycles. The minimum absolute atomic E-state index is 0.0435. The SMILES string of the molecule is CC(O)COC(C)COC(C)COC(CO)CC(O)CCCO. The third-order valence-corrected chi connectivity index (χ3v) is 3.24. The van der Waals surface area contributed by atoms with Gasteiger partial charge in [0.25, 0.3) is 0 Å². The molecule has 0 saturated carbocycles. The van der Waals surface area contributed by atoms with E-state index in [9.17, 15) is 10.2 Å². The molecule has 0 bridgehead atoms. The van der Waals surface area contributed by atoms with E-state index in [1.807, 2.05) is 13.8 Å². The van der Waals surface area contributed by atoms with E-state index in [4.69, 9.17) is 24.4 Å². The maximum atomic E-state index is 9.76. The molecule has 0 fully saturated rings. The van der Waals surface area contributed by atoms with Gasteiger partial charge in [0.15, 0.2) is 0 Å². The lowest BCUT2D eigenvalue weighted by Gasteiger charge is -2.22. The lowest BCUT2D eigenvalue weighted by Crippen LogP contribution is -2.30. The van der Waals surface area contributed by atoms with Crippen molar-refractivity contribution in [1.82, 2.24) is 0 Å². The van der Waals surface area contributed by atoms with Crippen LogP contribution >= 0.6 is 0 Å². The molecule has 5 atom stereocenters. The topological polar surface area (TPSA) is 109 Å². The fourth-order valence-electron chi connectivity index (χ4n) is 1.91. The van der Waals surface area contributed by atoms with Gasteiger partial charge >= 0.3 is 0 Å². The average Bonchev–Trinajstić information content (AvgIpc) is 2.52. The number of hydrogen-bond acceptors (Lipinski definition) is 7. The first-order valence-corrected chi connectivity index (χ1v) is 8.31. The fraction of sp³-hybridized carbons (Fsp3) is 1.00. The summed E-state index contributed by atoms with van der Waals surface area (Å²) in [5.41, 5.74) is 0. The van der Waals surface area contributed by atoms with Crippen molar-refractivity contribution in [3.63, 3.8) is 0 Å². The summed E-state index contributed by atoms with van der Waals surface area (Å²) in [7, 11) is 0. The highest BCUT2D eigenvalue weighted by molar-refractivity contribution is 4.65. The number of aliphatic hydroxyl groups is 4. The Morgan fingerprint density at radius 1 is 0.826 bits per heavy atom. The predicted molar refractivity (Wildman–Crippen MR) is 86.3 cm³/mol. The summed E-state index contributed by atoms with van der Waals surface area (Å²) in [5.74, 6) is 0. The molecule has 0 aromatic carbocycles. The third kappa shape index (κ3) is 13.8. The predicted octanol–water partition coefficient (Wildman–Crippen LogP) is 0.0784. The molecule has 7 heteroatoms. The Morgan fingerprint density at radius 3 is 1.91 bits per heavy atom. The van der Waals surface area contributed by atoms with Crippen LogP contribution in [-0.2, 0) is 14.2 Å². The van der Waals surface area contributed by atoms with Crippen LogP contribution in [0.4, 0.5) is 0 Å². The van der Waals surface area contributed by atoms with Crippen LogP contribution in [-0.4, -0.2) is 84.0 Å². The van der Waals surface area contributed by atoms with Gasteiger partial charge in [-0.1, -0.05) is 0 Å². The van der Waals surface area contributed by atoms with Gasteiger partial charge in [-0.15, -0.1) is 0 Å². The first-order chi connectivity index (χ1) is 10.9. The normalized spacial score (nSPS) is 18.4. The van der Waals surface area contributed by atoms with E-state index in [2.05, 4.69) is 0 Å². The molecule has 5 unspecified atom stereocenters. The van der Waals surface area contributed by atoms with Crippen molar-refractivity contribution in [2.45, 2.75) is 70.6 Å². The zero-order valence-electron chi connectivity index (χ0n) is 14.6. The van der Waals surface area contributed by atoms with Gasteiger partial charge in [0, 0.05) is 13.0 Å². The van der Waals surface area contributed by atoms with E-state index in [0.717, 1.165) is 0 Å². The zero-order chi connectivity index (χ0) is 17.7. The van der Waals surface area contributed by atoms with Crippen LogP contribution in [0.1, 0.15) is 40.0 Å². The Kier molecular flexibility index (Phi) is 13.9. The number of aliphatic hydroxyl groups excluding tert-OH is 4. The first kappa shape index (κ1) is 22.7. The number of ether oxygens (including phenoxy) is 3. The summed E-state index contributed by atoms with van der Waals surface area (Å²) in [5, 5.41) is 36.9. The maximum Gasteiger partial charge on any atom is 0.0831 e. The molecule has 0 amide bonds. The Morgan fingerprint density at radius 2 is 1.39 bits per heavy atom. The number of hydrogen-bond donors (Lipinski definition) is 4. The highest BCUT2D eigenvalue weighted by atomic mass is 16.6. The molecule has 0 saturated heterocycles. The molecule has 4 N–H and O–H groups in total. The average molecular weight is 338 g/mol. The molecule has 0 aromatic rings. The molecule has 0 radical (unpaired) electrons. The van der Waals surface area contributed by atoms with Gasteiger partial charge in [0.05, 0.1) is 56.9 Å². The molecule has 0 aliphatic carbocycles. The molecule has 0 heterocycles. The summed E-state index contributed by atoms with van der Waals surface area (Å²) in [6.45, 7) is 6.23. The van der Waals surface area contributed by atoms with E-state index in [0.29, 0.717) is 32.5 Å². The van der Waals surface area contributed by atoms with E-state index in [1.165, 1.54) is 0 Å². The Hall–Kier alpha value is -0.280. The van der Waals surface area contributed by atoms with Gasteiger partial charge in [-0.05, 0) is 33.6 Å². The molecule has 23 heavy (non-hydrogen) atoms. The van der Waals surface area contributed by atoms with Gasteiger partial charge in [-0.3, -0.25) is 0 Å². The van der Waals surface area contributed by atoms with Crippen molar-refractivity contribution in [3.05, 3.63) is 0 Å². The van der Waals surface area contributed by atoms with Crippen LogP contribution in [0.15, 0.2) is 0 Å². The third-order valence-electron chi connectivity index (χ3n) is 3.24. The van der Waals surface area contributed by atoms with E-state index < -0.39 is 18.3 Å². The van der Waals surface area contributed by atoms with Crippen molar-refractivity contribution < 1.29 is 34.6 Å². The van der Waals surface area contributed by atoms with Gasteiger partial charge in [-0.25, -0.2) is 0 Å². The standard InChI is InChI=1S/C16H34O7/c1-12(19)9-21-13(2)10-22-14(3)11-23-16(8-18)7-15(20)5-4-6-17/h12-20H,4-11H2,1-3H3. The molecular formula is C16H34O7. The second kappa shape index (κ2) is 14.1. The van der Waals surface area contributed by atoms with Crippen LogP contribution in [0, 0.1) is 0 Å². The van der Waals surface area contributed by atoms with Crippen molar-refractivity contribution in [2.24, 2.45) is 0 Å². The van der Waals surface area contributed by atoms with Crippen LogP contribution in [0.5, 0.6) is 0 Å². The van der Waals surface area contributed by atoms with E-state index >= 15 is 0 Å².